The van der Waals surface area contributed by atoms with Crippen LogP contribution in [0.3, 0.4) is 0 Å². The van der Waals surface area contributed by atoms with E-state index in [0.717, 1.165) is 25.9 Å². The van der Waals surface area contributed by atoms with Crippen LogP contribution in [0, 0.1) is 0 Å². The molecule has 1 N–H and O–H groups in total. The Morgan fingerprint density at radius 3 is 2.62 bits per heavy atom. The molecule has 3 nitrogen and oxygen atoms in total. The number of piperazine rings is 1. The molecule has 1 saturated heterocycles. The number of hydrogen-bond acceptors (Lipinski definition) is 2. The number of nitrogens with zero attached hydrogens (tertiary/aromatic N) is 1. The second-order valence-corrected chi connectivity index (χ2v) is 3.75. The molecule has 0 aliphatic carbocycles. The fraction of sp³-hybridized carbons (Fsp3) is 0.900. The molecule has 1 amide bonds. The highest BCUT2D eigenvalue weighted by Gasteiger charge is 2.26. The third kappa shape index (κ3) is 2.44. The fourth-order valence-corrected chi connectivity index (χ4v) is 1.89. The van der Waals surface area contributed by atoms with Gasteiger partial charge in [-0.05, 0) is 12.8 Å². The first-order valence-electron chi connectivity index (χ1n) is 5.19. The predicted molar refractivity (Wildman–Crippen MR) is 53.5 cm³/mol. The highest BCUT2D eigenvalue weighted by atomic mass is 16.2. The van der Waals surface area contributed by atoms with Gasteiger partial charge in [-0.1, -0.05) is 13.8 Å². The molecule has 1 aliphatic heterocycles. The lowest BCUT2D eigenvalue weighted by Crippen LogP contribution is -2.57. The van der Waals surface area contributed by atoms with Crippen molar-refractivity contribution in [3.8, 4) is 0 Å². The summed E-state index contributed by atoms with van der Waals surface area (Å²) in [5.41, 5.74) is 0. The molecule has 0 spiro atoms. The van der Waals surface area contributed by atoms with E-state index in [9.17, 15) is 4.79 Å². The Morgan fingerprint density at radius 2 is 2.15 bits per heavy atom. The SMILES string of the molecule is CC[C@@H]1CN(C(C)=O)[C@@H](CC)CN1. The molecule has 0 bridgehead atoms. The summed E-state index contributed by atoms with van der Waals surface area (Å²) >= 11 is 0. The summed E-state index contributed by atoms with van der Waals surface area (Å²) in [6, 6.07) is 0.895. The van der Waals surface area contributed by atoms with E-state index in [1.54, 1.807) is 6.92 Å². The first-order valence-corrected chi connectivity index (χ1v) is 5.19. The van der Waals surface area contributed by atoms with Crippen LogP contribution in [-0.2, 0) is 4.79 Å². The standard InChI is InChI=1S/C10H20N2O/c1-4-9-7-12(8(3)13)10(5-2)6-11-9/h9-11H,4-7H2,1-3H3/t9-,10+/m1/s1. The van der Waals surface area contributed by atoms with Gasteiger partial charge in [0.2, 0.25) is 5.91 Å². The lowest BCUT2D eigenvalue weighted by molar-refractivity contribution is -0.132. The molecule has 13 heavy (non-hydrogen) atoms. The van der Waals surface area contributed by atoms with Crippen LogP contribution in [0.15, 0.2) is 0 Å². The normalized spacial score (nSPS) is 29.0. The molecule has 0 unspecified atom stereocenters. The maximum absolute atomic E-state index is 11.3. The Kier molecular flexibility index (Phi) is 3.72. The molecule has 1 heterocycles. The molecular formula is C10H20N2O. The van der Waals surface area contributed by atoms with E-state index in [1.807, 2.05) is 4.90 Å². The molecule has 0 radical (unpaired) electrons. The molecule has 1 fully saturated rings. The van der Waals surface area contributed by atoms with E-state index in [-0.39, 0.29) is 5.91 Å². The van der Waals surface area contributed by atoms with Crippen molar-refractivity contribution in [3.05, 3.63) is 0 Å². The molecule has 0 aromatic heterocycles. The van der Waals surface area contributed by atoms with Gasteiger partial charge in [-0.25, -0.2) is 0 Å². The molecule has 2 atom stereocenters. The van der Waals surface area contributed by atoms with Gasteiger partial charge >= 0.3 is 0 Å². The second-order valence-electron chi connectivity index (χ2n) is 3.75. The molecule has 3 heteroatoms. The minimum atomic E-state index is 0.215. The maximum Gasteiger partial charge on any atom is 0.219 e. The van der Waals surface area contributed by atoms with Crippen LogP contribution in [0.1, 0.15) is 33.6 Å². The maximum atomic E-state index is 11.3. The van der Waals surface area contributed by atoms with Gasteiger partial charge in [0.1, 0.15) is 0 Å². The van der Waals surface area contributed by atoms with Crippen LogP contribution in [0.4, 0.5) is 0 Å². The van der Waals surface area contributed by atoms with Gasteiger partial charge in [-0.3, -0.25) is 4.79 Å². The van der Waals surface area contributed by atoms with E-state index in [1.165, 1.54) is 0 Å². The monoisotopic (exact) mass is 184 g/mol. The summed E-state index contributed by atoms with van der Waals surface area (Å²) in [5, 5.41) is 3.46. The number of carbonyl (C=O) groups excluding carboxylic acids is 1. The lowest BCUT2D eigenvalue weighted by atomic mass is 10.1. The van der Waals surface area contributed by atoms with Crippen LogP contribution in [-0.4, -0.2) is 36.0 Å². The molecule has 76 valence electrons. The second kappa shape index (κ2) is 4.61. The van der Waals surface area contributed by atoms with Gasteiger partial charge in [0.15, 0.2) is 0 Å². The van der Waals surface area contributed by atoms with Crippen LogP contribution in [0.5, 0.6) is 0 Å². The van der Waals surface area contributed by atoms with E-state index in [2.05, 4.69) is 19.2 Å². The van der Waals surface area contributed by atoms with Crippen LogP contribution in [0.25, 0.3) is 0 Å². The largest absolute Gasteiger partial charge is 0.337 e. The smallest absolute Gasteiger partial charge is 0.219 e. The Balaban J connectivity index is 2.57. The molecular weight excluding hydrogens is 164 g/mol. The van der Waals surface area contributed by atoms with E-state index < -0.39 is 0 Å². The predicted octanol–water partition coefficient (Wildman–Crippen LogP) is 0.995. The summed E-state index contributed by atoms with van der Waals surface area (Å²) in [7, 11) is 0. The van der Waals surface area contributed by atoms with Crippen molar-refractivity contribution in [2.75, 3.05) is 13.1 Å². The average molecular weight is 184 g/mol. The number of carbonyl (C=O) groups is 1. The summed E-state index contributed by atoms with van der Waals surface area (Å²) < 4.78 is 0. The van der Waals surface area contributed by atoms with Gasteiger partial charge in [0.25, 0.3) is 0 Å². The highest BCUT2D eigenvalue weighted by molar-refractivity contribution is 5.73. The Bertz CT molecular complexity index is 182. The van der Waals surface area contributed by atoms with Gasteiger partial charge in [-0.2, -0.15) is 0 Å². The van der Waals surface area contributed by atoms with Crippen molar-refractivity contribution < 1.29 is 4.79 Å². The average Bonchev–Trinajstić information content (AvgIpc) is 2.16. The molecule has 0 saturated carbocycles. The zero-order valence-electron chi connectivity index (χ0n) is 8.84. The third-order valence-corrected chi connectivity index (χ3v) is 2.87. The Labute approximate surface area is 80.5 Å². The number of hydrogen-bond donors (Lipinski definition) is 1. The molecule has 1 rings (SSSR count). The minimum absolute atomic E-state index is 0.215. The van der Waals surface area contributed by atoms with Crippen molar-refractivity contribution in [2.45, 2.75) is 45.7 Å². The first kappa shape index (κ1) is 10.5. The quantitative estimate of drug-likeness (QED) is 0.694. The van der Waals surface area contributed by atoms with E-state index in [0.29, 0.717) is 12.1 Å². The zero-order valence-corrected chi connectivity index (χ0v) is 8.84. The van der Waals surface area contributed by atoms with Gasteiger partial charge in [-0.15, -0.1) is 0 Å². The lowest BCUT2D eigenvalue weighted by Gasteiger charge is -2.39. The number of nitrogens with one attached hydrogen (secondary N) is 1. The summed E-state index contributed by atoms with van der Waals surface area (Å²) in [4.78, 5) is 13.3. The van der Waals surface area contributed by atoms with Gasteiger partial charge < -0.3 is 10.2 Å². The third-order valence-electron chi connectivity index (χ3n) is 2.87. The topological polar surface area (TPSA) is 32.3 Å². The van der Waals surface area contributed by atoms with Gasteiger partial charge in [0.05, 0.1) is 0 Å². The summed E-state index contributed by atoms with van der Waals surface area (Å²) in [5.74, 6) is 0.215. The molecule has 0 aromatic carbocycles. The summed E-state index contributed by atoms with van der Waals surface area (Å²) in [6.45, 7) is 7.79. The molecule has 1 aliphatic rings. The highest BCUT2D eigenvalue weighted by Crippen LogP contribution is 2.11. The minimum Gasteiger partial charge on any atom is -0.337 e. The van der Waals surface area contributed by atoms with Crippen molar-refractivity contribution in [1.29, 1.82) is 0 Å². The first-order chi connectivity index (χ1) is 6.19. The summed E-state index contributed by atoms with van der Waals surface area (Å²) in [6.07, 6.45) is 2.14. The molecule has 0 aromatic rings. The van der Waals surface area contributed by atoms with Crippen LogP contribution < -0.4 is 5.32 Å². The number of rotatable bonds is 2. The van der Waals surface area contributed by atoms with E-state index >= 15 is 0 Å². The van der Waals surface area contributed by atoms with Crippen molar-refractivity contribution in [1.82, 2.24) is 10.2 Å². The number of amides is 1. The van der Waals surface area contributed by atoms with Crippen LogP contribution >= 0.6 is 0 Å². The Morgan fingerprint density at radius 1 is 1.46 bits per heavy atom. The van der Waals surface area contributed by atoms with Crippen molar-refractivity contribution >= 4 is 5.91 Å². The van der Waals surface area contributed by atoms with Crippen molar-refractivity contribution in [3.63, 3.8) is 0 Å². The van der Waals surface area contributed by atoms with Crippen LogP contribution in [0.2, 0.25) is 0 Å². The zero-order chi connectivity index (χ0) is 9.84. The Hall–Kier alpha value is -0.570. The fourth-order valence-electron chi connectivity index (χ4n) is 1.89. The van der Waals surface area contributed by atoms with Crippen molar-refractivity contribution in [2.24, 2.45) is 0 Å². The van der Waals surface area contributed by atoms with Gasteiger partial charge in [0, 0.05) is 32.1 Å². The van der Waals surface area contributed by atoms with E-state index in [4.69, 9.17) is 0 Å².